The molecule has 0 aliphatic heterocycles. The normalized spacial score (nSPS) is 11.7. The van der Waals surface area contributed by atoms with Crippen LogP contribution in [0.4, 0.5) is 5.69 Å². The largest absolute Gasteiger partial charge is 0.481 e. The molecule has 0 spiro atoms. The lowest BCUT2D eigenvalue weighted by Crippen LogP contribution is -2.36. The molecule has 0 aliphatic carbocycles. The highest BCUT2D eigenvalue weighted by molar-refractivity contribution is 14.1. The first kappa shape index (κ1) is 27.0. The second-order valence-electron chi connectivity index (χ2n) is 7.91. The van der Waals surface area contributed by atoms with Gasteiger partial charge in [0.2, 0.25) is 5.91 Å². The molecule has 0 bridgehead atoms. The van der Waals surface area contributed by atoms with Crippen LogP contribution in [0.2, 0.25) is 0 Å². The van der Waals surface area contributed by atoms with Crippen LogP contribution >= 0.6 is 34.4 Å². The average molecular weight is 608 g/mol. The number of benzene rings is 2. The number of aromatic nitrogens is 3. The maximum atomic E-state index is 12.5. The molecule has 8 nitrogen and oxygen atoms in total. The number of aryl methyl sites for hydroxylation is 2. The second-order valence-corrected chi connectivity index (χ2v) is 10.1. The zero-order valence-electron chi connectivity index (χ0n) is 20.3. The van der Waals surface area contributed by atoms with Crippen LogP contribution in [0.25, 0.3) is 0 Å². The first-order chi connectivity index (χ1) is 16.8. The van der Waals surface area contributed by atoms with Crippen LogP contribution in [0.3, 0.4) is 0 Å². The van der Waals surface area contributed by atoms with Crippen molar-refractivity contribution >= 4 is 51.9 Å². The number of amides is 2. The van der Waals surface area contributed by atoms with Crippen LogP contribution in [-0.4, -0.2) is 38.4 Å². The molecule has 3 rings (SSSR count). The number of hydrogen-bond acceptors (Lipinski definition) is 6. The Morgan fingerprint density at radius 3 is 2.54 bits per heavy atom. The Morgan fingerprint density at radius 1 is 1.14 bits per heavy atom. The molecule has 0 fully saturated rings. The summed E-state index contributed by atoms with van der Waals surface area (Å²) in [5, 5.41) is 14.9. The summed E-state index contributed by atoms with van der Waals surface area (Å²) in [5.41, 5.74) is 3.03. The van der Waals surface area contributed by atoms with Crippen LogP contribution in [-0.2, 0) is 29.1 Å². The first-order valence-corrected chi connectivity index (χ1v) is 13.5. The summed E-state index contributed by atoms with van der Waals surface area (Å²) < 4.78 is 8.76. The molecule has 35 heavy (non-hydrogen) atoms. The molecule has 0 radical (unpaired) electrons. The zero-order chi connectivity index (χ0) is 25.4. The monoisotopic (exact) mass is 607 g/mol. The van der Waals surface area contributed by atoms with Gasteiger partial charge in [0.05, 0.1) is 12.3 Å². The second kappa shape index (κ2) is 12.9. The molecular weight excluding hydrogens is 577 g/mol. The molecule has 0 aliphatic rings. The van der Waals surface area contributed by atoms with Crippen molar-refractivity contribution in [1.82, 2.24) is 20.1 Å². The summed E-state index contributed by atoms with van der Waals surface area (Å²) in [4.78, 5) is 25.0. The minimum atomic E-state index is -0.650. The van der Waals surface area contributed by atoms with Gasteiger partial charge in [0.15, 0.2) is 17.1 Å². The molecular formula is C25H30IN5O3S. The van der Waals surface area contributed by atoms with Gasteiger partial charge in [-0.3, -0.25) is 9.59 Å². The van der Waals surface area contributed by atoms with Crippen LogP contribution in [0.15, 0.2) is 47.6 Å². The van der Waals surface area contributed by atoms with E-state index >= 15 is 0 Å². The number of carbonyl (C=O) groups excluding carboxylic acids is 2. The van der Waals surface area contributed by atoms with Gasteiger partial charge >= 0.3 is 0 Å². The Kier molecular flexibility index (Phi) is 9.96. The lowest BCUT2D eigenvalue weighted by atomic mass is 10.2. The molecule has 3 aromatic rings. The predicted molar refractivity (Wildman–Crippen MR) is 147 cm³/mol. The van der Waals surface area contributed by atoms with Crippen molar-refractivity contribution in [3.8, 4) is 5.75 Å². The van der Waals surface area contributed by atoms with Gasteiger partial charge < -0.3 is 19.9 Å². The molecule has 2 N–H and O–H groups in total. The van der Waals surface area contributed by atoms with Crippen molar-refractivity contribution in [2.24, 2.45) is 0 Å². The summed E-state index contributed by atoms with van der Waals surface area (Å²) in [6, 6.07) is 13.6. The molecule has 10 heteroatoms. The smallest absolute Gasteiger partial charge is 0.261 e. The van der Waals surface area contributed by atoms with Gasteiger partial charge in [-0.25, -0.2) is 0 Å². The number of anilines is 1. The van der Waals surface area contributed by atoms with E-state index in [2.05, 4.69) is 50.3 Å². The minimum absolute atomic E-state index is 0.113. The summed E-state index contributed by atoms with van der Waals surface area (Å²) in [5.74, 6) is 1.13. The predicted octanol–water partition coefficient (Wildman–Crippen LogP) is 4.59. The van der Waals surface area contributed by atoms with Crippen molar-refractivity contribution < 1.29 is 14.3 Å². The molecule has 2 aromatic carbocycles. The van der Waals surface area contributed by atoms with Gasteiger partial charge in [0.25, 0.3) is 5.91 Å². The quantitative estimate of drug-likeness (QED) is 0.245. The van der Waals surface area contributed by atoms with E-state index in [0.717, 1.165) is 21.2 Å². The Balaban J connectivity index is 1.51. The number of ether oxygens (including phenoxy) is 1. The van der Waals surface area contributed by atoms with Crippen molar-refractivity contribution in [2.75, 3.05) is 11.1 Å². The fraction of sp³-hybridized carbons (Fsp3) is 0.360. The third kappa shape index (κ3) is 7.69. The summed E-state index contributed by atoms with van der Waals surface area (Å²) in [6.07, 6.45) is 0.300. The van der Waals surface area contributed by atoms with Gasteiger partial charge in [0, 0.05) is 15.8 Å². The highest BCUT2D eigenvalue weighted by Gasteiger charge is 2.18. The van der Waals surface area contributed by atoms with E-state index in [-0.39, 0.29) is 24.1 Å². The average Bonchev–Trinajstić information content (AvgIpc) is 3.25. The zero-order valence-corrected chi connectivity index (χ0v) is 23.3. The molecule has 1 atom stereocenters. The fourth-order valence-corrected chi connectivity index (χ4v) is 4.80. The maximum Gasteiger partial charge on any atom is 0.261 e. The number of halogens is 1. The Hall–Kier alpha value is -2.60. The lowest BCUT2D eigenvalue weighted by molar-refractivity contribution is -0.127. The van der Waals surface area contributed by atoms with Crippen molar-refractivity contribution in [3.63, 3.8) is 0 Å². The highest BCUT2D eigenvalue weighted by atomic mass is 127. The van der Waals surface area contributed by atoms with Crippen LogP contribution in [0, 0.1) is 10.5 Å². The summed E-state index contributed by atoms with van der Waals surface area (Å²) in [6.45, 7) is 8.58. The van der Waals surface area contributed by atoms with Crippen LogP contribution in [0.1, 0.15) is 37.7 Å². The Bertz CT molecular complexity index is 1170. The molecule has 0 unspecified atom stereocenters. The number of rotatable bonds is 11. The third-order valence-electron chi connectivity index (χ3n) is 5.34. The molecule has 1 aromatic heterocycles. The fourth-order valence-electron chi connectivity index (χ4n) is 3.33. The number of thioether (sulfide) groups is 1. The number of carbonyl (C=O) groups is 2. The minimum Gasteiger partial charge on any atom is -0.481 e. The summed E-state index contributed by atoms with van der Waals surface area (Å²) in [7, 11) is 0. The molecule has 2 amide bonds. The first-order valence-electron chi connectivity index (χ1n) is 11.4. The van der Waals surface area contributed by atoms with Gasteiger partial charge in [0.1, 0.15) is 5.75 Å². The standard InChI is InChI=1S/C25H30IN5O3S/c1-5-18-7-10-20(11-8-18)34-17(4)24(33)27-14-22-29-30-25(31(22)6-2)35-15-23(32)28-21-12-9-19(26)13-16(21)3/h7-13,17H,5-6,14-15H2,1-4H3,(H,27,33)(H,28,32)/t17-/m0/s1. The van der Waals surface area contributed by atoms with Crippen molar-refractivity contribution in [1.29, 1.82) is 0 Å². The Morgan fingerprint density at radius 2 is 1.89 bits per heavy atom. The van der Waals surface area contributed by atoms with Gasteiger partial charge in [-0.15, -0.1) is 10.2 Å². The van der Waals surface area contributed by atoms with Gasteiger partial charge in [-0.1, -0.05) is 30.8 Å². The van der Waals surface area contributed by atoms with E-state index in [1.165, 1.54) is 17.3 Å². The van der Waals surface area contributed by atoms with Crippen molar-refractivity contribution in [2.45, 2.75) is 58.5 Å². The van der Waals surface area contributed by atoms with E-state index in [1.807, 2.05) is 60.9 Å². The summed E-state index contributed by atoms with van der Waals surface area (Å²) >= 11 is 3.56. The number of nitrogens with one attached hydrogen (secondary N) is 2. The number of hydrogen-bond donors (Lipinski definition) is 2. The van der Waals surface area contributed by atoms with E-state index in [1.54, 1.807) is 6.92 Å². The number of nitrogens with zero attached hydrogens (tertiary/aromatic N) is 3. The molecule has 1 heterocycles. The Labute approximate surface area is 223 Å². The highest BCUT2D eigenvalue weighted by Crippen LogP contribution is 2.21. The molecule has 186 valence electrons. The van der Waals surface area contributed by atoms with E-state index in [4.69, 9.17) is 4.74 Å². The van der Waals surface area contributed by atoms with Gasteiger partial charge in [-0.2, -0.15) is 0 Å². The third-order valence-corrected chi connectivity index (χ3v) is 6.98. The lowest BCUT2D eigenvalue weighted by Gasteiger charge is -2.15. The molecule has 0 saturated heterocycles. The van der Waals surface area contributed by atoms with E-state index in [9.17, 15) is 9.59 Å². The molecule has 0 saturated carbocycles. The van der Waals surface area contributed by atoms with Gasteiger partial charge in [-0.05, 0) is 91.2 Å². The maximum absolute atomic E-state index is 12.5. The van der Waals surface area contributed by atoms with Crippen molar-refractivity contribution in [3.05, 3.63) is 63.0 Å². The van der Waals surface area contributed by atoms with Crippen LogP contribution < -0.4 is 15.4 Å². The SMILES string of the molecule is CCc1ccc(O[C@@H](C)C(=O)NCc2nnc(SCC(=O)Nc3ccc(I)cc3C)n2CC)cc1. The van der Waals surface area contributed by atoms with E-state index < -0.39 is 6.10 Å². The van der Waals surface area contributed by atoms with Crippen LogP contribution in [0.5, 0.6) is 5.75 Å². The topological polar surface area (TPSA) is 98.1 Å². The van der Waals surface area contributed by atoms with E-state index in [0.29, 0.717) is 23.3 Å².